The first kappa shape index (κ1) is 17.9. The van der Waals surface area contributed by atoms with Gasteiger partial charge in [-0.25, -0.2) is 4.98 Å². The highest BCUT2D eigenvalue weighted by molar-refractivity contribution is 7.18. The molecule has 4 rings (SSSR count). The molecule has 1 aromatic carbocycles. The van der Waals surface area contributed by atoms with Crippen molar-refractivity contribution in [1.29, 1.82) is 0 Å². The molecule has 0 saturated carbocycles. The van der Waals surface area contributed by atoms with Gasteiger partial charge in [-0.2, -0.15) is 0 Å². The third-order valence-electron chi connectivity index (χ3n) is 5.01. The van der Waals surface area contributed by atoms with E-state index < -0.39 is 0 Å². The molecule has 140 valence electrons. The van der Waals surface area contributed by atoms with Crippen molar-refractivity contribution in [3.05, 3.63) is 57.0 Å². The highest BCUT2D eigenvalue weighted by Gasteiger charge is 2.22. The fourth-order valence-corrected chi connectivity index (χ4v) is 4.94. The van der Waals surface area contributed by atoms with Crippen molar-refractivity contribution in [3.8, 4) is 0 Å². The smallest absolute Gasteiger partial charge is 0.262 e. The molecule has 2 heterocycles. The fourth-order valence-electron chi connectivity index (χ4n) is 3.72. The van der Waals surface area contributed by atoms with Gasteiger partial charge in [-0.05, 0) is 41.9 Å². The highest BCUT2D eigenvalue weighted by atomic mass is 32.1. The molecule has 6 heteroatoms. The summed E-state index contributed by atoms with van der Waals surface area (Å²) in [5, 5.41) is 3.67. The second kappa shape index (κ2) is 6.60. The van der Waals surface area contributed by atoms with E-state index in [0.29, 0.717) is 5.39 Å². The molecule has 0 saturated heterocycles. The summed E-state index contributed by atoms with van der Waals surface area (Å²) in [6.07, 6.45) is 4.54. The summed E-state index contributed by atoms with van der Waals surface area (Å²) >= 11 is 1.61. The van der Waals surface area contributed by atoms with E-state index in [-0.39, 0.29) is 23.4 Å². The van der Waals surface area contributed by atoms with Crippen LogP contribution in [0.1, 0.15) is 43.2 Å². The van der Waals surface area contributed by atoms with E-state index in [2.05, 4.69) is 31.1 Å². The van der Waals surface area contributed by atoms with E-state index >= 15 is 0 Å². The number of anilines is 1. The Morgan fingerprint density at radius 2 is 2.04 bits per heavy atom. The first-order valence-corrected chi connectivity index (χ1v) is 10.1. The van der Waals surface area contributed by atoms with Crippen LogP contribution in [0.15, 0.2) is 35.4 Å². The number of amides is 1. The summed E-state index contributed by atoms with van der Waals surface area (Å²) in [4.78, 5) is 32.0. The number of benzene rings is 1. The predicted molar refractivity (Wildman–Crippen MR) is 110 cm³/mol. The number of fused-ring (bicyclic) bond motifs is 3. The van der Waals surface area contributed by atoms with Gasteiger partial charge in [-0.1, -0.05) is 39.0 Å². The van der Waals surface area contributed by atoms with Crippen LogP contribution in [0.2, 0.25) is 0 Å². The summed E-state index contributed by atoms with van der Waals surface area (Å²) in [5.41, 5.74) is 2.79. The zero-order valence-electron chi connectivity index (χ0n) is 15.8. The summed E-state index contributed by atoms with van der Waals surface area (Å²) < 4.78 is 1.42. The summed E-state index contributed by atoms with van der Waals surface area (Å²) in [7, 11) is 0. The van der Waals surface area contributed by atoms with Gasteiger partial charge in [-0.15, -0.1) is 11.3 Å². The van der Waals surface area contributed by atoms with Gasteiger partial charge in [-0.3, -0.25) is 14.2 Å². The van der Waals surface area contributed by atoms with Crippen LogP contribution in [0.3, 0.4) is 0 Å². The van der Waals surface area contributed by atoms with Crippen molar-refractivity contribution in [2.24, 2.45) is 0 Å². The van der Waals surface area contributed by atoms with Crippen LogP contribution in [0.4, 0.5) is 5.69 Å². The van der Waals surface area contributed by atoms with E-state index in [1.807, 2.05) is 24.3 Å². The van der Waals surface area contributed by atoms with Crippen molar-refractivity contribution in [3.63, 3.8) is 0 Å². The van der Waals surface area contributed by atoms with Crippen molar-refractivity contribution in [2.45, 2.75) is 52.0 Å². The Labute approximate surface area is 162 Å². The average Bonchev–Trinajstić information content (AvgIpc) is 3.17. The molecule has 3 aromatic rings. The van der Waals surface area contributed by atoms with Crippen LogP contribution in [0, 0.1) is 0 Å². The fraction of sp³-hybridized carbons (Fsp3) is 0.381. The topological polar surface area (TPSA) is 64.0 Å². The molecule has 0 bridgehead atoms. The molecular weight excluding hydrogens is 358 g/mol. The standard InChI is InChI=1S/C21H23N3O2S/c1-21(2,3)14-8-4-5-9-15(14)23-17(25)11-24-12-22-19-18(20(24)26)13-7-6-10-16(13)27-19/h4-5,8-9,12H,6-7,10-11H2,1-3H3,(H,23,25). The van der Waals surface area contributed by atoms with Gasteiger partial charge in [0.25, 0.3) is 5.56 Å². The number of nitrogens with zero attached hydrogens (tertiary/aromatic N) is 2. The van der Waals surface area contributed by atoms with E-state index in [1.165, 1.54) is 15.8 Å². The molecule has 0 radical (unpaired) electrons. The van der Waals surface area contributed by atoms with Gasteiger partial charge in [0.05, 0.1) is 11.7 Å². The number of carbonyl (C=O) groups excluding carboxylic acids is 1. The largest absolute Gasteiger partial charge is 0.324 e. The maximum Gasteiger partial charge on any atom is 0.262 e. The quantitative estimate of drug-likeness (QED) is 0.749. The number of hydrogen-bond donors (Lipinski definition) is 1. The molecule has 27 heavy (non-hydrogen) atoms. The molecule has 0 aliphatic heterocycles. The van der Waals surface area contributed by atoms with Gasteiger partial charge in [0.2, 0.25) is 5.91 Å². The van der Waals surface area contributed by atoms with Crippen molar-refractivity contribution < 1.29 is 4.79 Å². The molecule has 2 aromatic heterocycles. The molecule has 1 amide bonds. The minimum absolute atomic E-state index is 0.0368. The molecule has 0 spiro atoms. The van der Waals surface area contributed by atoms with Gasteiger partial charge >= 0.3 is 0 Å². The lowest BCUT2D eigenvalue weighted by atomic mass is 9.86. The molecular formula is C21H23N3O2S. The Bertz CT molecular complexity index is 1090. The van der Waals surface area contributed by atoms with Crippen LogP contribution in [-0.2, 0) is 29.6 Å². The number of thiophene rings is 1. The minimum Gasteiger partial charge on any atom is -0.324 e. The van der Waals surface area contributed by atoms with E-state index in [4.69, 9.17) is 0 Å². The molecule has 1 aliphatic rings. The monoisotopic (exact) mass is 381 g/mol. The summed E-state index contributed by atoms with van der Waals surface area (Å²) in [5.74, 6) is -0.221. The summed E-state index contributed by atoms with van der Waals surface area (Å²) in [6, 6.07) is 7.79. The SMILES string of the molecule is CC(C)(C)c1ccccc1NC(=O)Cn1cnc2sc3c(c2c1=O)CCC3. The van der Waals surface area contributed by atoms with E-state index in [0.717, 1.165) is 40.9 Å². The number of rotatable bonds is 3. The van der Waals surface area contributed by atoms with Crippen LogP contribution >= 0.6 is 11.3 Å². The molecule has 0 unspecified atom stereocenters. The third-order valence-corrected chi connectivity index (χ3v) is 6.21. The van der Waals surface area contributed by atoms with Gasteiger partial charge in [0.1, 0.15) is 11.4 Å². The second-order valence-corrected chi connectivity index (χ2v) is 9.14. The number of para-hydroxylation sites is 1. The molecule has 1 N–H and O–H groups in total. The maximum absolute atomic E-state index is 12.9. The lowest BCUT2D eigenvalue weighted by Gasteiger charge is -2.23. The lowest BCUT2D eigenvalue weighted by Crippen LogP contribution is -2.28. The van der Waals surface area contributed by atoms with E-state index in [1.54, 1.807) is 11.3 Å². The number of aryl methyl sites for hydroxylation is 2. The Balaban J connectivity index is 1.61. The van der Waals surface area contributed by atoms with Gasteiger partial charge in [0.15, 0.2) is 0 Å². The second-order valence-electron chi connectivity index (χ2n) is 8.06. The minimum atomic E-state index is -0.221. The van der Waals surface area contributed by atoms with Crippen LogP contribution in [0.25, 0.3) is 10.2 Å². The Kier molecular flexibility index (Phi) is 4.38. The summed E-state index contributed by atoms with van der Waals surface area (Å²) in [6.45, 7) is 6.29. The first-order chi connectivity index (χ1) is 12.8. The van der Waals surface area contributed by atoms with Gasteiger partial charge in [0, 0.05) is 10.6 Å². The average molecular weight is 382 g/mol. The Morgan fingerprint density at radius 3 is 2.81 bits per heavy atom. The number of nitrogens with one attached hydrogen (secondary N) is 1. The van der Waals surface area contributed by atoms with Crippen LogP contribution in [0.5, 0.6) is 0 Å². The zero-order chi connectivity index (χ0) is 19.2. The van der Waals surface area contributed by atoms with Crippen LogP contribution < -0.4 is 10.9 Å². The number of carbonyl (C=O) groups is 1. The van der Waals surface area contributed by atoms with Crippen molar-refractivity contribution >= 4 is 33.1 Å². The van der Waals surface area contributed by atoms with Gasteiger partial charge < -0.3 is 5.32 Å². The molecule has 0 fully saturated rings. The number of hydrogen-bond acceptors (Lipinski definition) is 4. The zero-order valence-corrected chi connectivity index (χ0v) is 16.7. The molecule has 5 nitrogen and oxygen atoms in total. The van der Waals surface area contributed by atoms with Crippen LogP contribution in [-0.4, -0.2) is 15.5 Å². The lowest BCUT2D eigenvalue weighted by molar-refractivity contribution is -0.116. The van der Waals surface area contributed by atoms with Crippen molar-refractivity contribution in [2.75, 3.05) is 5.32 Å². The predicted octanol–water partition coefficient (Wildman–Crippen LogP) is 3.88. The van der Waals surface area contributed by atoms with E-state index in [9.17, 15) is 9.59 Å². The maximum atomic E-state index is 12.9. The molecule has 0 atom stereocenters. The van der Waals surface area contributed by atoms with Crippen molar-refractivity contribution in [1.82, 2.24) is 9.55 Å². The molecule has 1 aliphatic carbocycles. The third kappa shape index (κ3) is 3.30. The Morgan fingerprint density at radius 1 is 1.26 bits per heavy atom. The highest BCUT2D eigenvalue weighted by Crippen LogP contribution is 2.34. The Hall–Kier alpha value is -2.47. The number of aromatic nitrogens is 2. The normalized spacial score (nSPS) is 13.7. The first-order valence-electron chi connectivity index (χ1n) is 9.23.